The Morgan fingerprint density at radius 3 is 2.50 bits per heavy atom. The van der Waals surface area contributed by atoms with Crippen molar-refractivity contribution < 1.29 is 19.1 Å². The number of nitrogens with two attached hydrogens (primary N) is 1. The lowest BCUT2D eigenvalue weighted by Crippen LogP contribution is -2.14. The standard InChI is InChI=1S/C2H8NO4P/c3-1-8(5,6)7-2-4/h4H,1-3H2,(H,5,6)/p-1. The minimum absolute atomic E-state index is 0.576. The van der Waals surface area contributed by atoms with Crippen LogP contribution in [0.1, 0.15) is 0 Å². The molecule has 0 aliphatic carbocycles. The van der Waals surface area contributed by atoms with Crippen LogP contribution in [-0.2, 0) is 9.09 Å². The summed E-state index contributed by atoms with van der Waals surface area (Å²) in [5.74, 6) is 0. The molecule has 0 aromatic rings. The van der Waals surface area contributed by atoms with E-state index >= 15 is 0 Å². The molecule has 6 heteroatoms. The molecule has 50 valence electrons. The maximum absolute atomic E-state index is 10.1. The van der Waals surface area contributed by atoms with E-state index in [2.05, 4.69) is 10.3 Å². The van der Waals surface area contributed by atoms with E-state index in [-0.39, 0.29) is 0 Å². The van der Waals surface area contributed by atoms with E-state index in [4.69, 9.17) is 5.11 Å². The highest BCUT2D eigenvalue weighted by Gasteiger charge is 2.01. The smallest absolute Gasteiger partial charge is 0.150 e. The molecule has 0 aromatic heterocycles. The molecule has 0 fully saturated rings. The quantitative estimate of drug-likeness (QED) is 0.364. The fourth-order valence-corrected chi connectivity index (χ4v) is 0.422. The molecule has 0 aliphatic rings. The Bertz CT molecular complexity index is 104. The van der Waals surface area contributed by atoms with Crippen molar-refractivity contribution in [2.75, 3.05) is 13.1 Å². The second-order valence-corrected chi connectivity index (χ2v) is 2.90. The van der Waals surface area contributed by atoms with Crippen LogP contribution in [0.3, 0.4) is 0 Å². The van der Waals surface area contributed by atoms with Crippen LogP contribution in [0.4, 0.5) is 0 Å². The normalized spacial score (nSPS) is 17.9. The molecule has 1 unspecified atom stereocenters. The van der Waals surface area contributed by atoms with Gasteiger partial charge in [0.15, 0.2) is 7.60 Å². The average molecular weight is 140 g/mol. The molecule has 0 rings (SSSR count). The van der Waals surface area contributed by atoms with E-state index in [1.54, 1.807) is 0 Å². The monoisotopic (exact) mass is 140 g/mol. The van der Waals surface area contributed by atoms with Gasteiger partial charge in [-0.15, -0.1) is 0 Å². The summed E-state index contributed by atoms with van der Waals surface area (Å²) in [5.41, 5.74) is 4.68. The van der Waals surface area contributed by atoms with Crippen molar-refractivity contribution >= 4 is 7.60 Å². The zero-order valence-electron chi connectivity index (χ0n) is 4.11. The summed E-state index contributed by atoms with van der Waals surface area (Å²) in [6.07, 6.45) is -0.576. The third kappa shape index (κ3) is 3.12. The van der Waals surface area contributed by atoms with Gasteiger partial charge in [0.1, 0.15) is 6.79 Å². The lowest BCUT2D eigenvalue weighted by Gasteiger charge is -2.18. The molecule has 0 radical (unpaired) electrons. The molecule has 0 amide bonds. The van der Waals surface area contributed by atoms with Crippen molar-refractivity contribution in [2.45, 2.75) is 0 Å². The Balaban J connectivity index is 3.55. The minimum atomic E-state index is -3.90. The number of aliphatic hydroxyl groups excluding tert-OH is 1. The summed E-state index contributed by atoms with van der Waals surface area (Å²) in [5, 5.41) is 7.88. The van der Waals surface area contributed by atoms with Crippen LogP contribution in [0, 0.1) is 0 Å². The van der Waals surface area contributed by atoms with Gasteiger partial charge in [-0.3, -0.25) is 0 Å². The van der Waals surface area contributed by atoms with Crippen LogP contribution in [0.5, 0.6) is 0 Å². The topological polar surface area (TPSA) is 95.6 Å². The van der Waals surface area contributed by atoms with Crippen LogP contribution in [0.2, 0.25) is 0 Å². The van der Waals surface area contributed by atoms with E-state index in [1.807, 2.05) is 0 Å². The molecule has 0 heterocycles. The third-order valence-electron chi connectivity index (χ3n) is 0.478. The van der Waals surface area contributed by atoms with Crippen molar-refractivity contribution in [2.24, 2.45) is 5.73 Å². The van der Waals surface area contributed by atoms with Gasteiger partial charge in [-0.1, -0.05) is 0 Å². The van der Waals surface area contributed by atoms with Crippen LogP contribution < -0.4 is 10.6 Å². The zero-order chi connectivity index (χ0) is 6.62. The maximum Gasteiger partial charge on any atom is 0.150 e. The Labute approximate surface area is 46.6 Å². The molecule has 0 saturated heterocycles. The van der Waals surface area contributed by atoms with Gasteiger partial charge in [0.05, 0.1) is 6.29 Å². The van der Waals surface area contributed by atoms with Crippen molar-refractivity contribution in [3.8, 4) is 0 Å². The first-order valence-corrected chi connectivity index (χ1v) is 3.61. The average Bonchev–Trinajstić information content (AvgIpc) is 1.67. The Morgan fingerprint density at radius 1 is 1.88 bits per heavy atom. The number of hydrogen-bond donors (Lipinski definition) is 2. The van der Waals surface area contributed by atoms with Crippen LogP contribution in [0.25, 0.3) is 0 Å². The van der Waals surface area contributed by atoms with Crippen LogP contribution in [-0.4, -0.2) is 18.2 Å². The minimum Gasteiger partial charge on any atom is -0.778 e. The fraction of sp³-hybridized carbons (Fsp3) is 1.00. The fourth-order valence-electron chi connectivity index (χ4n) is 0.141. The third-order valence-corrected chi connectivity index (χ3v) is 1.43. The van der Waals surface area contributed by atoms with Crippen LogP contribution >= 0.6 is 7.60 Å². The van der Waals surface area contributed by atoms with Gasteiger partial charge in [0.2, 0.25) is 0 Å². The Hall–Kier alpha value is 0.0700. The molecular weight excluding hydrogens is 133 g/mol. The first-order chi connectivity index (χ1) is 3.62. The Kier molecular flexibility index (Phi) is 3.19. The predicted molar refractivity (Wildman–Crippen MR) is 24.8 cm³/mol. The second kappa shape index (κ2) is 3.17. The first-order valence-electron chi connectivity index (χ1n) is 1.88. The summed E-state index contributed by atoms with van der Waals surface area (Å²) in [7, 11) is -3.90. The van der Waals surface area contributed by atoms with E-state index in [0.717, 1.165) is 0 Å². The van der Waals surface area contributed by atoms with E-state index in [1.165, 1.54) is 0 Å². The predicted octanol–water partition coefficient (Wildman–Crippen LogP) is -1.58. The maximum atomic E-state index is 10.1. The lowest BCUT2D eigenvalue weighted by molar-refractivity contribution is -0.203. The second-order valence-electron chi connectivity index (χ2n) is 1.05. The lowest BCUT2D eigenvalue weighted by atomic mass is 11.5. The van der Waals surface area contributed by atoms with Gasteiger partial charge in [-0.25, -0.2) is 0 Å². The molecule has 0 bridgehead atoms. The molecular formula is C2H7NO4P-. The van der Waals surface area contributed by atoms with Gasteiger partial charge in [-0.2, -0.15) is 0 Å². The summed E-state index contributed by atoms with van der Waals surface area (Å²) in [4.78, 5) is 10.1. The van der Waals surface area contributed by atoms with Crippen molar-refractivity contribution in [1.29, 1.82) is 0 Å². The highest BCUT2D eigenvalue weighted by Crippen LogP contribution is 2.32. The largest absolute Gasteiger partial charge is 0.778 e. The molecule has 5 nitrogen and oxygen atoms in total. The Morgan fingerprint density at radius 2 is 2.38 bits per heavy atom. The van der Waals surface area contributed by atoms with Crippen LogP contribution in [0.15, 0.2) is 0 Å². The molecule has 3 N–H and O–H groups in total. The molecule has 1 atom stereocenters. The summed E-state index contributed by atoms with van der Waals surface area (Å²) < 4.78 is 13.9. The SMILES string of the molecule is NCP(=O)([O-])OCO. The van der Waals surface area contributed by atoms with Gasteiger partial charge in [0, 0.05) is 0 Å². The number of rotatable bonds is 3. The first kappa shape index (κ1) is 8.07. The zero-order valence-corrected chi connectivity index (χ0v) is 5.01. The van der Waals surface area contributed by atoms with E-state index < -0.39 is 20.7 Å². The van der Waals surface area contributed by atoms with Gasteiger partial charge >= 0.3 is 0 Å². The number of aliphatic hydroxyl groups is 1. The summed E-state index contributed by atoms with van der Waals surface area (Å²) >= 11 is 0. The van der Waals surface area contributed by atoms with Crippen molar-refractivity contribution in [1.82, 2.24) is 0 Å². The highest BCUT2D eigenvalue weighted by atomic mass is 31.2. The van der Waals surface area contributed by atoms with Gasteiger partial charge < -0.3 is 24.8 Å². The van der Waals surface area contributed by atoms with Gasteiger partial charge in [-0.05, 0) is 0 Å². The van der Waals surface area contributed by atoms with E-state index in [9.17, 15) is 9.46 Å². The molecule has 0 spiro atoms. The number of hydrogen-bond acceptors (Lipinski definition) is 5. The summed E-state index contributed by atoms with van der Waals surface area (Å²) in [6, 6.07) is 0. The van der Waals surface area contributed by atoms with Crippen molar-refractivity contribution in [3.63, 3.8) is 0 Å². The van der Waals surface area contributed by atoms with Crippen molar-refractivity contribution in [3.05, 3.63) is 0 Å². The molecule has 0 aliphatic heterocycles. The molecule has 0 saturated carbocycles. The summed E-state index contributed by atoms with van der Waals surface area (Å²) in [6.45, 7) is -0.835. The highest BCUT2D eigenvalue weighted by molar-refractivity contribution is 7.51. The molecule has 8 heavy (non-hydrogen) atoms. The van der Waals surface area contributed by atoms with Gasteiger partial charge in [0.25, 0.3) is 0 Å². The van der Waals surface area contributed by atoms with E-state index in [0.29, 0.717) is 0 Å². The molecule has 0 aromatic carbocycles.